The Labute approximate surface area is 115 Å². The van der Waals surface area contributed by atoms with Crippen LogP contribution >= 0.6 is 0 Å². The van der Waals surface area contributed by atoms with Crippen molar-refractivity contribution in [3.8, 4) is 0 Å². The van der Waals surface area contributed by atoms with Crippen molar-refractivity contribution >= 4 is 15.7 Å². The van der Waals surface area contributed by atoms with Crippen LogP contribution in [-0.2, 0) is 15.8 Å². The zero-order valence-corrected chi connectivity index (χ0v) is 12.7. The molecule has 5 heteroatoms. The number of nitrogens with two attached hydrogens (primary N) is 1. The summed E-state index contributed by atoms with van der Waals surface area (Å²) < 4.78 is 27.2. The first kappa shape index (κ1) is 14.3. The summed E-state index contributed by atoms with van der Waals surface area (Å²) in [5, 5.41) is 0. The van der Waals surface area contributed by atoms with Gasteiger partial charge < -0.3 is 5.73 Å². The van der Waals surface area contributed by atoms with Crippen LogP contribution in [0.4, 0.5) is 5.69 Å². The van der Waals surface area contributed by atoms with Gasteiger partial charge in [-0.3, -0.25) is 0 Å². The second kappa shape index (κ2) is 4.21. The molecule has 0 heterocycles. The van der Waals surface area contributed by atoms with Gasteiger partial charge in [-0.15, -0.1) is 0 Å². The molecule has 0 aliphatic heterocycles. The number of sulfonamides is 1. The average molecular weight is 282 g/mol. The van der Waals surface area contributed by atoms with Gasteiger partial charge in [-0.2, -0.15) is 0 Å². The van der Waals surface area contributed by atoms with E-state index in [0.717, 1.165) is 5.56 Å². The minimum Gasteiger partial charge on any atom is -0.399 e. The standard InChI is InChI=1S/C14H22N2O2S/c1-13(2)12(14(13,3)4)16-19(17,18)9-10-5-7-11(15)8-6-10/h5-8,12,16H,9,15H2,1-4H3. The lowest BCUT2D eigenvalue weighted by Gasteiger charge is -2.08. The molecule has 1 saturated carbocycles. The monoisotopic (exact) mass is 282 g/mol. The first-order valence-electron chi connectivity index (χ1n) is 6.41. The summed E-state index contributed by atoms with van der Waals surface area (Å²) in [6, 6.07) is 6.93. The molecule has 2 rings (SSSR count). The van der Waals surface area contributed by atoms with E-state index in [-0.39, 0.29) is 22.6 Å². The van der Waals surface area contributed by atoms with E-state index >= 15 is 0 Å². The highest BCUT2D eigenvalue weighted by Gasteiger charge is 2.65. The van der Waals surface area contributed by atoms with Crippen LogP contribution in [-0.4, -0.2) is 14.5 Å². The molecule has 0 unspecified atom stereocenters. The molecule has 0 bridgehead atoms. The maximum Gasteiger partial charge on any atom is 0.216 e. The van der Waals surface area contributed by atoms with Crippen LogP contribution in [0.5, 0.6) is 0 Å². The maximum atomic E-state index is 12.2. The summed E-state index contributed by atoms with van der Waals surface area (Å²) in [7, 11) is -3.32. The Balaban J connectivity index is 2.07. The van der Waals surface area contributed by atoms with Gasteiger partial charge in [-0.1, -0.05) is 39.8 Å². The van der Waals surface area contributed by atoms with Crippen molar-refractivity contribution in [2.75, 3.05) is 5.73 Å². The van der Waals surface area contributed by atoms with Crippen molar-refractivity contribution in [3.63, 3.8) is 0 Å². The smallest absolute Gasteiger partial charge is 0.216 e. The largest absolute Gasteiger partial charge is 0.399 e. The van der Waals surface area contributed by atoms with Gasteiger partial charge >= 0.3 is 0 Å². The molecule has 0 spiro atoms. The van der Waals surface area contributed by atoms with Gasteiger partial charge in [0.05, 0.1) is 5.75 Å². The van der Waals surface area contributed by atoms with Crippen molar-refractivity contribution in [2.24, 2.45) is 10.8 Å². The van der Waals surface area contributed by atoms with Crippen molar-refractivity contribution in [2.45, 2.75) is 39.5 Å². The van der Waals surface area contributed by atoms with Crippen LogP contribution in [0.2, 0.25) is 0 Å². The van der Waals surface area contributed by atoms with E-state index in [0.29, 0.717) is 5.69 Å². The lowest BCUT2D eigenvalue weighted by molar-refractivity contribution is 0.457. The van der Waals surface area contributed by atoms with Gasteiger partial charge in [0.15, 0.2) is 0 Å². The number of hydrogen-bond donors (Lipinski definition) is 2. The quantitative estimate of drug-likeness (QED) is 0.831. The molecular weight excluding hydrogens is 260 g/mol. The minimum atomic E-state index is -3.32. The summed E-state index contributed by atoms with van der Waals surface area (Å²) in [6.07, 6.45) is 0. The normalized spacial score (nSPS) is 21.3. The minimum absolute atomic E-state index is 0.00113. The second-order valence-electron chi connectivity index (χ2n) is 6.49. The third-order valence-corrected chi connectivity index (χ3v) is 5.96. The third kappa shape index (κ3) is 2.62. The Morgan fingerprint density at radius 3 is 2.00 bits per heavy atom. The summed E-state index contributed by atoms with van der Waals surface area (Å²) >= 11 is 0. The molecular formula is C14H22N2O2S. The van der Waals surface area contributed by atoms with Crippen LogP contribution < -0.4 is 10.5 Å². The van der Waals surface area contributed by atoms with E-state index < -0.39 is 10.0 Å². The predicted molar refractivity (Wildman–Crippen MR) is 78.0 cm³/mol. The van der Waals surface area contributed by atoms with Crippen molar-refractivity contribution < 1.29 is 8.42 Å². The Morgan fingerprint density at radius 2 is 1.58 bits per heavy atom. The van der Waals surface area contributed by atoms with Crippen LogP contribution in [0.3, 0.4) is 0 Å². The fourth-order valence-electron chi connectivity index (χ4n) is 2.55. The molecule has 0 saturated heterocycles. The first-order valence-corrected chi connectivity index (χ1v) is 8.06. The average Bonchev–Trinajstić information content (AvgIpc) is 2.64. The second-order valence-corrected chi connectivity index (χ2v) is 8.25. The molecule has 1 aromatic carbocycles. The zero-order valence-electron chi connectivity index (χ0n) is 11.9. The van der Waals surface area contributed by atoms with Crippen LogP contribution in [0.1, 0.15) is 33.3 Å². The maximum absolute atomic E-state index is 12.2. The van der Waals surface area contributed by atoms with E-state index in [4.69, 9.17) is 5.73 Å². The van der Waals surface area contributed by atoms with E-state index in [1.807, 2.05) is 0 Å². The molecule has 4 nitrogen and oxygen atoms in total. The van der Waals surface area contributed by atoms with Crippen molar-refractivity contribution in [1.82, 2.24) is 4.72 Å². The SMILES string of the molecule is CC1(C)C(NS(=O)(=O)Cc2ccc(N)cc2)C1(C)C. The highest BCUT2D eigenvalue weighted by molar-refractivity contribution is 7.88. The zero-order chi connectivity index (χ0) is 14.5. The lowest BCUT2D eigenvalue weighted by atomic mass is 10.0. The van der Waals surface area contributed by atoms with Crippen LogP contribution in [0.15, 0.2) is 24.3 Å². The van der Waals surface area contributed by atoms with Crippen molar-refractivity contribution in [3.05, 3.63) is 29.8 Å². The molecule has 0 radical (unpaired) electrons. The molecule has 106 valence electrons. The van der Waals surface area contributed by atoms with Gasteiger partial charge in [0.2, 0.25) is 10.0 Å². The number of benzene rings is 1. The number of hydrogen-bond acceptors (Lipinski definition) is 3. The van der Waals surface area contributed by atoms with Crippen molar-refractivity contribution in [1.29, 1.82) is 0 Å². The lowest BCUT2D eigenvalue weighted by Crippen LogP contribution is -2.31. The molecule has 1 aliphatic rings. The Morgan fingerprint density at radius 1 is 1.11 bits per heavy atom. The fourth-order valence-corrected chi connectivity index (χ4v) is 4.21. The molecule has 0 atom stereocenters. The van der Waals surface area contributed by atoms with Gasteiger partial charge in [-0.25, -0.2) is 13.1 Å². The van der Waals surface area contributed by atoms with Gasteiger partial charge in [0.1, 0.15) is 0 Å². The van der Waals surface area contributed by atoms with Gasteiger partial charge in [-0.05, 0) is 28.5 Å². The van der Waals surface area contributed by atoms with E-state index in [1.54, 1.807) is 24.3 Å². The Bertz CT molecular complexity index is 560. The molecule has 1 aliphatic carbocycles. The summed E-state index contributed by atoms with van der Waals surface area (Å²) in [4.78, 5) is 0. The van der Waals surface area contributed by atoms with E-state index in [1.165, 1.54) is 0 Å². The number of anilines is 1. The number of nitrogen functional groups attached to an aromatic ring is 1. The summed E-state index contributed by atoms with van der Waals surface area (Å²) in [6.45, 7) is 8.35. The molecule has 19 heavy (non-hydrogen) atoms. The Kier molecular flexibility index (Phi) is 3.18. The molecule has 3 N–H and O–H groups in total. The fraction of sp³-hybridized carbons (Fsp3) is 0.571. The Hall–Kier alpha value is -1.07. The summed E-state index contributed by atoms with van der Waals surface area (Å²) in [5.74, 6) is -0.00403. The molecule has 0 aromatic heterocycles. The molecule has 1 aromatic rings. The van der Waals surface area contributed by atoms with Crippen LogP contribution in [0.25, 0.3) is 0 Å². The highest BCUT2D eigenvalue weighted by atomic mass is 32.2. The summed E-state index contributed by atoms with van der Waals surface area (Å²) in [5.41, 5.74) is 6.98. The number of rotatable bonds is 4. The molecule has 1 fully saturated rings. The van der Waals surface area contributed by atoms with Gasteiger partial charge in [0, 0.05) is 11.7 Å². The topological polar surface area (TPSA) is 72.2 Å². The first-order chi connectivity index (χ1) is 8.56. The van der Waals surface area contributed by atoms with Crippen LogP contribution in [0, 0.1) is 10.8 Å². The highest BCUT2D eigenvalue weighted by Crippen LogP contribution is 2.62. The molecule has 0 amide bonds. The third-order valence-electron chi connectivity index (χ3n) is 4.65. The number of nitrogens with one attached hydrogen (secondary N) is 1. The predicted octanol–water partition coefficient (Wildman–Crippen LogP) is 2.12. The van der Waals surface area contributed by atoms with E-state index in [2.05, 4.69) is 32.4 Å². The van der Waals surface area contributed by atoms with E-state index in [9.17, 15) is 8.42 Å². The van der Waals surface area contributed by atoms with Gasteiger partial charge in [0.25, 0.3) is 0 Å².